The highest BCUT2D eigenvalue weighted by Gasteiger charge is 2.31. The summed E-state index contributed by atoms with van der Waals surface area (Å²) in [5.41, 5.74) is 2.12. The molecule has 1 unspecified atom stereocenters. The maximum atomic E-state index is 12.0. The number of piperazine rings is 1. The van der Waals surface area contributed by atoms with Crippen molar-refractivity contribution in [1.29, 1.82) is 0 Å². The standard InChI is InChI=1S/C16H21N3O2/c1-18-9-10-19(16(21)15(18)20)14-6-4-12(5-7-14)13-3-2-8-17-11-13/h4-7,13,17H,2-3,8-11H2,1H3. The van der Waals surface area contributed by atoms with Gasteiger partial charge in [0.15, 0.2) is 0 Å². The number of nitrogens with one attached hydrogen (secondary N) is 1. The Hall–Kier alpha value is -1.88. The average Bonchev–Trinajstić information content (AvgIpc) is 2.54. The summed E-state index contributed by atoms with van der Waals surface area (Å²) in [4.78, 5) is 26.8. The third kappa shape index (κ3) is 2.78. The first-order chi connectivity index (χ1) is 10.2. The van der Waals surface area contributed by atoms with Gasteiger partial charge in [0.05, 0.1) is 0 Å². The van der Waals surface area contributed by atoms with Gasteiger partial charge in [-0.2, -0.15) is 0 Å². The molecule has 2 aliphatic rings. The predicted octanol–water partition coefficient (Wildman–Crippen LogP) is 0.959. The Balaban J connectivity index is 1.74. The van der Waals surface area contributed by atoms with Crippen LogP contribution in [0.2, 0.25) is 0 Å². The van der Waals surface area contributed by atoms with Crippen molar-refractivity contribution in [2.24, 2.45) is 0 Å². The molecule has 1 aromatic rings. The first-order valence-electron chi connectivity index (χ1n) is 7.54. The van der Waals surface area contributed by atoms with Gasteiger partial charge in [-0.25, -0.2) is 0 Å². The van der Waals surface area contributed by atoms with Crippen molar-refractivity contribution in [3.8, 4) is 0 Å². The molecule has 2 saturated heterocycles. The third-order valence-electron chi connectivity index (χ3n) is 4.41. The number of carbonyl (C=O) groups excluding carboxylic acids is 2. The lowest BCUT2D eigenvalue weighted by atomic mass is 9.91. The Kier molecular flexibility index (Phi) is 3.92. The van der Waals surface area contributed by atoms with Gasteiger partial charge in [0.1, 0.15) is 0 Å². The van der Waals surface area contributed by atoms with E-state index in [-0.39, 0.29) is 0 Å². The van der Waals surface area contributed by atoms with E-state index in [9.17, 15) is 9.59 Å². The van der Waals surface area contributed by atoms with E-state index in [1.54, 1.807) is 11.9 Å². The summed E-state index contributed by atoms with van der Waals surface area (Å²) in [5, 5.41) is 3.41. The van der Waals surface area contributed by atoms with Gasteiger partial charge in [-0.3, -0.25) is 9.59 Å². The zero-order chi connectivity index (χ0) is 14.8. The van der Waals surface area contributed by atoms with E-state index < -0.39 is 11.8 Å². The molecule has 2 heterocycles. The monoisotopic (exact) mass is 287 g/mol. The van der Waals surface area contributed by atoms with Crippen LogP contribution in [0.4, 0.5) is 5.69 Å². The van der Waals surface area contributed by atoms with Crippen molar-refractivity contribution < 1.29 is 9.59 Å². The van der Waals surface area contributed by atoms with Crippen LogP contribution < -0.4 is 10.2 Å². The summed E-state index contributed by atoms with van der Waals surface area (Å²) in [6.45, 7) is 3.27. The van der Waals surface area contributed by atoms with Gasteiger partial charge in [0.2, 0.25) is 0 Å². The maximum absolute atomic E-state index is 12.0. The van der Waals surface area contributed by atoms with E-state index >= 15 is 0 Å². The first-order valence-corrected chi connectivity index (χ1v) is 7.54. The molecular weight excluding hydrogens is 266 g/mol. The van der Waals surface area contributed by atoms with Crippen LogP contribution in [0.25, 0.3) is 0 Å². The highest BCUT2D eigenvalue weighted by molar-refractivity contribution is 6.40. The fourth-order valence-corrected chi connectivity index (χ4v) is 3.04. The number of carbonyl (C=O) groups is 2. The summed E-state index contributed by atoms with van der Waals surface area (Å²) in [6, 6.07) is 8.09. The maximum Gasteiger partial charge on any atom is 0.316 e. The minimum absolute atomic E-state index is 0.429. The molecule has 112 valence electrons. The van der Waals surface area contributed by atoms with Crippen LogP contribution in [-0.4, -0.2) is 49.9 Å². The Labute approximate surface area is 124 Å². The van der Waals surface area contributed by atoms with Gasteiger partial charge < -0.3 is 15.1 Å². The number of anilines is 1. The normalized spacial score (nSPS) is 23.6. The lowest BCUT2D eigenvalue weighted by molar-refractivity contribution is -0.145. The number of hydrogen-bond donors (Lipinski definition) is 1. The molecule has 0 radical (unpaired) electrons. The van der Waals surface area contributed by atoms with Crippen molar-refractivity contribution in [2.45, 2.75) is 18.8 Å². The number of piperidine rings is 1. The van der Waals surface area contributed by atoms with Crippen molar-refractivity contribution in [2.75, 3.05) is 38.1 Å². The predicted molar refractivity (Wildman–Crippen MR) is 81.3 cm³/mol. The highest BCUT2D eigenvalue weighted by atomic mass is 16.2. The second-order valence-corrected chi connectivity index (χ2v) is 5.82. The molecule has 5 nitrogen and oxygen atoms in total. The highest BCUT2D eigenvalue weighted by Crippen LogP contribution is 2.26. The van der Waals surface area contributed by atoms with Crippen molar-refractivity contribution in [1.82, 2.24) is 10.2 Å². The lowest BCUT2D eigenvalue weighted by Crippen LogP contribution is -2.53. The fourth-order valence-electron chi connectivity index (χ4n) is 3.04. The van der Waals surface area contributed by atoms with E-state index in [0.29, 0.717) is 19.0 Å². The average molecular weight is 287 g/mol. The van der Waals surface area contributed by atoms with Gasteiger partial charge in [-0.05, 0) is 43.0 Å². The molecule has 1 N–H and O–H groups in total. The van der Waals surface area contributed by atoms with Crippen LogP contribution in [0.1, 0.15) is 24.3 Å². The summed E-state index contributed by atoms with van der Waals surface area (Å²) >= 11 is 0. The summed E-state index contributed by atoms with van der Waals surface area (Å²) in [5.74, 6) is -0.310. The lowest BCUT2D eigenvalue weighted by Gasteiger charge is -2.31. The van der Waals surface area contributed by atoms with Gasteiger partial charge >= 0.3 is 11.8 Å². The van der Waals surface area contributed by atoms with Crippen LogP contribution >= 0.6 is 0 Å². The van der Waals surface area contributed by atoms with E-state index in [1.165, 1.54) is 23.3 Å². The molecule has 0 saturated carbocycles. The zero-order valence-corrected chi connectivity index (χ0v) is 12.3. The number of benzene rings is 1. The number of hydrogen-bond acceptors (Lipinski definition) is 3. The molecule has 0 spiro atoms. The van der Waals surface area contributed by atoms with Gasteiger partial charge in [-0.1, -0.05) is 12.1 Å². The van der Waals surface area contributed by atoms with Gasteiger partial charge in [0, 0.05) is 32.4 Å². The van der Waals surface area contributed by atoms with Crippen LogP contribution in [0.5, 0.6) is 0 Å². The summed E-state index contributed by atoms with van der Waals surface area (Å²) in [6.07, 6.45) is 2.41. The van der Waals surface area contributed by atoms with Crippen molar-refractivity contribution in [3.63, 3.8) is 0 Å². The zero-order valence-electron chi connectivity index (χ0n) is 12.3. The Morgan fingerprint density at radius 1 is 1.10 bits per heavy atom. The number of likely N-dealkylation sites (N-methyl/N-ethyl adjacent to an activating group) is 1. The van der Waals surface area contributed by atoms with Gasteiger partial charge in [-0.15, -0.1) is 0 Å². The van der Waals surface area contributed by atoms with E-state index in [2.05, 4.69) is 17.4 Å². The molecule has 2 amide bonds. The molecule has 0 aromatic heterocycles. The van der Waals surface area contributed by atoms with E-state index in [0.717, 1.165) is 18.8 Å². The topological polar surface area (TPSA) is 52.6 Å². The van der Waals surface area contributed by atoms with Crippen LogP contribution in [0.15, 0.2) is 24.3 Å². The number of nitrogens with zero attached hydrogens (tertiary/aromatic N) is 2. The Bertz CT molecular complexity index is 535. The molecule has 5 heteroatoms. The number of rotatable bonds is 2. The van der Waals surface area contributed by atoms with Crippen LogP contribution in [0.3, 0.4) is 0 Å². The largest absolute Gasteiger partial charge is 0.336 e. The quantitative estimate of drug-likeness (QED) is 0.824. The van der Waals surface area contributed by atoms with E-state index in [1.807, 2.05) is 12.1 Å². The number of amides is 2. The smallest absolute Gasteiger partial charge is 0.316 e. The van der Waals surface area contributed by atoms with Crippen LogP contribution in [0, 0.1) is 0 Å². The molecule has 0 bridgehead atoms. The SMILES string of the molecule is CN1CCN(c2ccc(C3CCCNC3)cc2)C(=O)C1=O. The molecule has 2 fully saturated rings. The van der Waals surface area contributed by atoms with Crippen molar-refractivity contribution in [3.05, 3.63) is 29.8 Å². The van der Waals surface area contributed by atoms with E-state index in [4.69, 9.17) is 0 Å². The summed E-state index contributed by atoms with van der Waals surface area (Å²) in [7, 11) is 1.66. The van der Waals surface area contributed by atoms with Crippen molar-refractivity contribution >= 4 is 17.5 Å². The Morgan fingerprint density at radius 3 is 2.52 bits per heavy atom. The molecule has 1 atom stereocenters. The minimum atomic E-state index is -0.434. The molecule has 1 aromatic carbocycles. The summed E-state index contributed by atoms with van der Waals surface area (Å²) < 4.78 is 0. The van der Waals surface area contributed by atoms with Crippen LogP contribution in [-0.2, 0) is 9.59 Å². The molecule has 3 rings (SSSR count). The molecule has 2 aliphatic heterocycles. The second-order valence-electron chi connectivity index (χ2n) is 5.82. The molecular formula is C16H21N3O2. The second kappa shape index (κ2) is 5.85. The third-order valence-corrected chi connectivity index (χ3v) is 4.41. The van der Waals surface area contributed by atoms with Gasteiger partial charge in [0.25, 0.3) is 0 Å². The Morgan fingerprint density at radius 2 is 1.86 bits per heavy atom. The molecule has 21 heavy (non-hydrogen) atoms. The fraction of sp³-hybridized carbons (Fsp3) is 0.500. The minimum Gasteiger partial charge on any atom is -0.336 e. The molecule has 0 aliphatic carbocycles. The first kappa shape index (κ1) is 14.1.